The largest absolute Gasteiger partial charge is 0.460 e. The summed E-state index contributed by atoms with van der Waals surface area (Å²) < 4.78 is 10.7. The van der Waals surface area contributed by atoms with Crippen molar-refractivity contribution in [3.8, 4) is 0 Å². The minimum absolute atomic E-state index is 0.00864. The molecule has 120 valence electrons. The van der Waals surface area contributed by atoms with Crippen LogP contribution in [-0.2, 0) is 23.9 Å². The number of ether oxygens (including phenoxy) is 2. The zero-order valence-electron chi connectivity index (χ0n) is 13.8. The highest BCUT2D eigenvalue weighted by Gasteiger charge is 2.42. The first-order chi connectivity index (χ1) is 9.39. The topological polar surface area (TPSA) is 69.7 Å². The summed E-state index contributed by atoms with van der Waals surface area (Å²) >= 11 is 0. The van der Waals surface area contributed by atoms with Crippen molar-refractivity contribution in [3.05, 3.63) is 0 Å². The van der Waals surface area contributed by atoms with Crippen LogP contribution in [0.4, 0.5) is 0 Å². The van der Waals surface area contributed by atoms with Gasteiger partial charge in [-0.15, -0.1) is 0 Å². The van der Waals surface area contributed by atoms with Gasteiger partial charge < -0.3 is 9.47 Å². The molecule has 0 aliphatic heterocycles. The van der Waals surface area contributed by atoms with Gasteiger partial charge in [0, 0.05) is 12.8 Å². The van der Waals surface area contributed by atoms with E-state index in [0.29, 0.717) is 12.8 Å². The van der Waals surface area contributed by atoms with Crippen LogP contribution in [0, 0.1) is 11.8 Å². The molecule has 0 aromatic carbocycles. The molecule has 1 saturated carbocycles. The van der Waals surface area contributed by atoms with Gasteiger partial charge >= 0.3 is 11.9 Å². The predicted octanol–water partition coefficient (Wildman–Crippen LogP) is 2.66. The van der Waals surface area contributed by atoms with Crippen molar-refractivity contribution in [2.24, 2.45) is 11.8 Å². The predicted molar refractivity (Wildman–Crippen MR) is 77.5 cm³/mol. The summed E-state index contributed by atoms with van der Waals surface area (Å²) in [6.07, 6.45) is 0.708. The average molecular weight is 298 g/mol. The molecule has 0 radical (unpaired) electrons. The van der Waals surface area contributed by atoms with Gasteiger partial charge in [0.05, 0.1) is 11.8 Å². The molecule has 1 fully saturated rings. The zero-order chi connectivity index (χ0) is 16.4. The lowest BCUT2D eigenvalue weighted by Gasteiger charge is -2.32. The normalized spacial score (nSPS) is 23.6. The summed E-state index contributed by atoms with van der Waals surface area (Å²) in [6.45, 7) is 10.6. The Hall–Kier alpha value is -1.39. The number of rotatable bonds is 2. The molecule has 1 aliphatic carbocycles. The van der Waals surface area contributed by atoms with E-state index in [0.717, 1.165) is 0 Å². The third kappa shape index (κ3) is 5.86. The summed E-state index contributed by atoms with van der Waals surface area (Å²) in [5.74, 6) is -2.26. The molecule has 5 heteroatoms. The minimum Gasteiger partial charge on any atom is -0.460 e. The zero-order valence-corrected chi connectivity index (χ0v) is 13.8. The quantitative estimate of drug-likeness (QED) is 0.733. The monoisotopic (exact) mass is 298 g/mol. The van der Waals surface area contributed by atoms with Crippen molar-refractivity contribution in [2.75, 3.05) is 0 Å². The van der Waals surface area contributed by atoms with Crippen molar-refractivity contribution < 1.29 is 23.9 Å². The van der Waals surface area contributed by atoms with E-state index in [1.807, 2.05) is 0 Å². The summed E-state index contributed by atoms with van der Waals surface area (Å²) in [7, 11) is 0. The second kappa shape index (κ2) is 6.16. The molecule has 0 heterocycles. The minimum atomic E-state index is -0.736. The van der Waals surface area contributed by atoms with Crippen LogP contribution in [0.5, 0.6) is 0 Å². The second-order valence-corrected chi connectivity index (χ2v) is 7.56. The van der Waals surface area contributed by atoms with E-state index in [2.05, 4.69) is 0 Å². The molecule has 0 unspecified atom stereocenters. The van der Waals surface area contributed by atoms with E-state index in [1.54, 1.807) is 41.5 Å². The number of carbonyl (C=O) groups excluding carboxylic acids is 3. The number of Topliss-reactive ketones (excluding diaryl/α,β-unsaturated/α-hetero) is 1. The molecular formula is C16H26O5. The summed E-state index contributed by atoms with van der Waals surface area (Å²) in [5.41, 5.74) is -1.26. The molecule has 0 N–H and O–H groups in total. The number of carbonyl (C=O) groups is 3. The summed E-state index contributed by atoms with van der Waals surface area (Å²) in [5, 5.41) is 0. The van der Waals surface area contributed by atoms with Crippen molar-refractivity contribution in [1.82, 2.24) is 0 Å². The average Bonchev–Trinajstić information content (AvgIpc) is 2.23. The maximum Gasteiger partial charge on any atom is 0.310 e. The van der Waals surface area contributed by atoms with Gasteiger partial charge in [-0.05, 0) is 48.0 Å². The highest BCUT2D eigenvalue weighted by atomic mass is 16.6. The van der Waals surface area contributed by atoms with E-state index in [1.165, 1.54) is 0 Å². The van der Waals surface area contributed by atoms with E-state index < -0.39 is 35.0 Å². The van der Waals surface area contributed by atoms with E-state index in [9.17, 15) is 14.4 Å². The smallest absolute Gasteiger partial charge is 0.310 e. The van der Waals surface area contributed by atoms with Gasteiger partial charge in [-0.2, -0.15) is 0 Å². The standard InChI is InChI=1S/C16H26O5/c1-15(2,3)20-13(18)11-8-7-10(17)9-12(11)14(19)21-16(4,5)6/h11-12H,7-9H2,1-6H3/t11-,12-/m1/s1. The lowest BCUT2D eigenvalue weighted by Crippen LogP contribution is -2.41. The molecule has 0 aromatic heterocycles. The number of hydrogen-bond donors (Lipinski definition) is 0. The van der Waals surface area contributed by atoms with Crippen LogP contribution < -0.4 is 0 Å². The number of esters is 2. The fraction of sp³-hybridized carbons (Fsp3) is 0.812. The molecule has 0 bridgehead atoms. The Kier molecular flexibility index (Phi) is 5.18. The molecule has 0 saturated heterocycles. The van der Waals surface area contributed by atoms with E-state index in [4.69, 9.17) is 9.47 Å². The number of hydrogen-bond acceptors (Lipinski definition) is 5. The van der Waals surface area contributed by atoms with Gasteiger partial charge in [0.1, 0.15) is 17.0 Å². The highest BCUT2D eigenvalue weighted by Crippen LogP contribution is 2.32. The first-order valence-corrected chi connectivity index (χ1v) is 7.36. The molecule has 1 rings (SSSR count). The van der Waals surface area contributed by atoms with Gasteiger partial charge in [-0.1, -0.05) is 0 Å². The van der Waals surface area contributed by atoms with Crippen molar-refractivity contribution >= 4 is 17.7 Å². The fourth-order valence-electron chi connectivity index (χ4n) is 2.29. The third-order valence-corrected chi connectivity index (χ3v) is 3.09. The maximum absolute atomic E-state index is 12.3. The Morgan fingerprint density at radius 1 is 0.905 bits per heavy atom. The van der Waals surface area contributed by atoms with Crippen molar-refractivity contribution in [1.29, 1.82) is 0 Å². The molecule has 5 nitrogen and oxygen atoms in total. The second-order valence-electron chi connectivity index (χ2n) is 7.56. The third-order valence-electron chi connectivity index (χ3n) is 3.09. The molecular weight excluding hydrogens is 272 g/mol. The van der Waals surface area contributed by atoms with Crippen LogP contribution in [0.15, 0.2) is 0 Å². The molecule has 0 aromatic rings. The Balaban J connectivity index is 2.86. The van der Waals surface area contributed by atoms with Crippen LogP contribution in [0.1, 0.15) is 60.8 Å². The van der Waals surface area contributed by atoms with Crippen molar-refractivity contribution in [2.45, 2.75) is 72.0 Å². The molecule has 0 spiro atoms. The van der Waals surface area contributed by atoms with Crippen LogP contribution in [0.3, 0.4) is 0 Å². The fourth-order valence-corrected chi connectivity index (χ4v) is 2.29. The maximum atomic E-state index is 12.3. The Morgan fingerprint density at radius 2 is 1.33 bits per heavy atom. The summed E-state index contributed by atoms with van der Waals surface area (Å²) in [6, 6.07) is 0. The highest BCUT2D eigenvalue weighted by molar-refractivity contribution is 5.90. The Morgan fingerprint density at radius 3 is 1.76 bits per heavy atom. The van der Waals surface area contributed by atoms with Gasteiger partial charge in [-0.3, -0.25) is 14.4 Å². The van der Waals surface area contributed by atoms with Gasteiger partial charge in [0.15, 0.2) is 0 Å². The Bertz CT molecular complexity index is 425. The van der Waals surface area contributed by atoms with Crippen molar-refractivity contribution in [3.63, 3.8) is 0 Å². The van der Waals surface area contributed by atoms with Gasteiger partial charge in [0.25, 0.3) is 0 Å². The molecule has 2 atom stereocenters. The van der Waals surface area contributed by atoms with Crippen LogP contribution >= 0.6 is 0 Å². The van der Waals surface area contributed by atoms with E-state index >= 15 is 0 Å². The van der Waals surface area contributed by atoms with Gasteiger partial charge in [0.2, 0.25) is 0 Å². The Labute approximate surface area is 126 Å². The lowest BCUT2D eigenvalue weighted by molar-refractivity contribution is -0.175. The number of ketones is 1. The SMILES string of the molecule is CC(C)(C)OC(=O)[C@@H]1CCC(=O)C[C@H]1C(=O)OC(C)(C)C. The van der Waals surface area contributed by atoms with Gasteiger partial charge in [-0.25, -0.2) is 0 Å². The molecule has 1 aliphatic rings. The van der Waals surface area contributed by atoms with Crippen LogP contribution in [0.25, 0.3) is 0 Å². The molecule has 0 amide bonds. The van der Waals surface area contributed by atoms with E-state index in [-0.39, 0.29) is 12.2 Å². The van der Waals surface area contributed by atoms with Crippen LogP contribution in [0.2, 0.25) is 0 Å². The molecule has 21 heavy (non-hydrogen) atoms. The first-order valence-electron chi connectivity index (χ1n) is 7.36. The van der Waals surface area contributed by atoms with Crippen LogP contribution in [-0.4, -0.2) is 28.9 Å². The lowest BCUT2D eigenvalue weighted by atomic mass is 9.78. The summed E-state index contributed by atoms with van der Waals surface area (Å²) in [4.78, 5) is 36.2. The first kappa shape index (κ1) is 17.7.